The minimum atomic E-state index is -3.89. The molecule has 0 radical (unpaired) electrons. The second kappa shape index (κ2) is 12.4. The normalized spacial score (nSPS) is 12.7. The average Bonchev–Trinajstić information content (AvgIpc) is 3.37. The number of aromatic nitrogens is 2. The molecule has 2 heterocycles. The van der Waals surface area contributed by atoms with E-state index in [0.717, 1.165) is 16.7 Å². The Labute approximate surface area is 220 Å². The second-order valence-electron chi connectivity index (χ2n) is 8.55. The van der Waals surface area contributed by atoms with Crippen molar-refractivity contribution in [2.45, 2.75) is 38.3 Å². The summed E-state index contributed by atoms with van der Waals surface area (Å²) in [5.41, 5.74) is 6.28. The van der Waals surface area contributed by atoms with Crippen LogP contribution in [-0.4, -0.2) is 67.4 Å². The van der Waals surface area contributed by atoms with E-state index in [1.807, 2.05) is 38.1 Å². The van der Waals surface area contributed by atoms with Crippen molar-refractivity contribution in [2.24, 2.45) is 11.7 Å². The Hall–Kier alpha value is -3.13. The Morgan fingerprint density at radius 3 is 2.57 bits per heavy atom. The molecule has 0 bridgehead atoms. The highest BCUT2D eigenvalue weighted by atomic mass is 32.2. The first-order valence-corrected chi connectivity index (χ1v) is 14.1. The summed E-state index contributed by atoms with van der Waals surface area (Å²) in [5.74, 6) is -0.219. The molecule has 1 amide bonds. The number of hydrogen-bond donors (Lipinski definition) is 3. The first kappa shape index (κ1) is 28.4. The zero-order valence-corrected chi connectivity index (χ0v) is 22.9. The van der Waals surface area contributed by atoms with E-state index in [0.29, 0.717) is 23.7 Å². The number of fused-ring (bicyclic) bond motifs is 1. The van der Waals surface area contributed by atoms with E-state index in [2.05, 4.69) is 20.6 Å². The van der Waals surface area contributed by atoms with E-state index in [9.17, 15) is 18.0 Å². The number of rotatable bonds is 13. The number of hydrogen-bond acceptors (Lipinski definition) is 10. The maximum Gasteiger partial charge on any atom is 0.349 e. The second-order valence-corrected chi connectivity index (χ2v) is 11.4. The molecule has 37 heavy (non-hydrogen) atoms. The highest BCUT2D eigenvalue weighted by Gasteiger charge is 2.29. The number of para-hydroxylation sites is 1. The Morgan fingerprint density at radius 1 is 1.19 bits per heavy atom. The van der Waals surface area contributed by atoms with Gasteiger partial charge in [-0.15, -0.1) is 11.3 Å². The molecule has 4 N–H and O–H groups in total. The Bertz CT molecular complexity index is 1360. The SMILES string of the molecule is CCN(CCNCc1nc(N[C@H](C(N)=O)C(C)C)c2ccccc2n1)S(=O)(=O)c1ccsc1C(=O)OC. The van der Waals surface area contributed by atoms with Gasteiger partial charge in [-0.1, -0.05) is 32.9 Å². The van der Waals surface area contributed by atoms with Crippen molar-refractivity contribution >= 4 is 50.0 Å². The first-order chi connectivity index (χ1) is 17.6. The molecule has 0 aliphatic rings. The van der Waals surface area contributed by atoms with Crippen LogP contribution < -0.4 is 16.4 Å². The number of sulfonamides is 1. The molecule has 200 valence electrons. The van der Waals surface area contributed by atoms with Crippen LogP contribution >= 0.6 is 11.3 Å². The number of ether oxygens (including phenoxy) is 1. The average molecular weight is 549 g/mol. The summed E-state index contributed by atoms with van der Waals surface area (Å²) in [7, 11) is -2.67. The number of anilines is 1. The van der Waals surface area contributed by atoms with Crippen molar-refractivity contribution in [2.75, 3.05) is 32.1 Å². The van der Waals surface area contributed by atoms with Gasteiger partial charge in [0.25, 0.3) is 0 Å². The van der Waals surface area contributed by atoms with Gasteiger partial charge < -0.3 is 21.1 Å². The molecule has 2 aromatic heterocycles. The van der Waals surface area contributed by atoms with Crippen molar-refractivity contribution in [3.63, 3.8) is 0 Å². The van der Waals surface area contributed by atoms with Crippen LogP contribution in [0.15, 0.2) is 40.6 Å². The molecule has 3 aromatic rings. The molecule has 0 fully saturated rings. The third-order valence-electron chi connectivity index (χ3n) is 5.71. The van der Waals surface area contributed by atoms with Crippen LogP contribution in [0.4, 0.5) is 5.82 Å². The number of esters is 1. The van der Waals surface area contributed by atoms with Crippen molar-refractivity contribution in [3.05, 3.63) is 46.4 Å². The smallest absolute Gasteiger partial charge is 0.349 e. The first-order valence-electron chi connectivity index (χ1n) is 11.8. The van der Waals surface area contributed by atoms with E-state index >= 15 is 0 Å². The number of primary amides is 1. The highest BCUT2D eigenvalue weighted by Crippen LogP contribution is 2.26. The van der Waals surface area contributed by atoms with E-state index in [1.54, 1.807) is 12.3 Å². The van der Waals surface area contributed by atoms with Crippen LogP contribution in [0, 0.1) is 5.92 Å². The standard InChI is InChI=1S/C24H32N6O5S2/c1-5-30(37(33,34)18-10-13-36-21(18)24(32)35-4)12-11-26-14-19-27-17-9-7-6-8-16(17)23(28-19)29-20(15(2)3)22(25)31/h6-10,13,15,20,26H,5,11-12,14H2,1-4H3,(H2,25,31)(H,27,28,29)/t20-/m0/s1. The predicted octanol–water partition coefficient (Wildman–Crippen LogP) is 2.20. The Balaban J connectivity index is 1.72. The number of nitrogens with zero attached hydrogens (tertiary/aromatic N) is 3. The van der Waals surface area contributed by atoms with Crippen molar-refractivity contribution in [1.82, 2.24) is 19.6 Å². The molecule has 0 saturated heterocycles. The van der Waals surface area contributed by atoms with Crippen molar-refractivity contribution < 1.29 is 22.7 Å². The van der Waals surface area contributed by atoms with Crippen LogP contribution in [0.25, 0.3) is 10.9 Å². The summed E-state index contributed by atoms with van der Waals surface area (Å²) >= 11 is 1.02. The van der Waals surface area contributed by atoms with Crippen LogP contribution in [0.5, 0.6) is 0 Å². The number of nitrogens with one attached hydrogen (secondary N) is 2. The summed E-state index contributed by atoms with van der Waals surface area (Å²) in [5, 5.41) is 8.65. The summed E-state index contributed by atoms with van der Waals surface area (Å²) in [4.78, 5) is 33.1. The third kappa shape index (κ3) is 6.60. The van der Waals surface area contributed by atoms with Gasteiger partial charge in [-0.25, -0.2) is 23.2 Å². The zero-order valence-electron chi connectivity index (χ0n) is 21.2. The van der Waals surface area contributed by atoms with Crippen molar-refractivity contribution in [1.29, 1.82) is 0 Å². The number of likely N-dealkylation sites (N-methyl/N-ethyl adjacent to an activating group) is 1. The van der Waals surface area contributed by atoms with Gasteiger partial charge in [-0.2, -0.15) is 4.31 Å². The van der Waals surface area contributed by atoms with Crippen LogP contribution in [0.3, 0.4) is 0 Å². The molecule has 0 saturated carbocycles. The molecule has 0 unspecified atom stereocenters. The molecule has 3 rings (SSSR count). The minimum absolute atomic E-state index is 0.0438. The highest BCUT2D eigenvalue weighted by molar-refractivity contribution is 7.89. The van der Waals surface area contributed by atoms with E-state index < -0.39 is 27.9 Å². The van der Waals surface area contributed by atoms with Crippen LogP contribution in [0.2, 0.25) is 0 Å². The summed E-state index contributed by atoms with van der Waals surface area (Å²) < 4.78 is 32.3. The van der Waals surface area contributed by atoms with Gasteiger partial charge in [0.2, 0.25) is 15.9 Å². The van der Waals surface area contributed by atoms with E-state index in [4.69, 9.17) is 10.5 Å². The van der Waals surface area contributed by atoms with Crippen LogP contribution in [0.1, 0.15) is 36.3 Å². The zero-order chi connectivity index (χ0) is 27.2. The lowest BCUT2D eigenvalue weighted by Crippen LogP contribution is -2.40. The van der Waals surface area contributed by atoms with Gasteiger partial charge in [-0.3, -0.25) is 4.79 Å². The summed E-state index contributed by atoms with van der Waals surface area (Å²) in [6.45, 7) is 6.51. The Kier molecular flexibility index (Phi) is 9.54. The van der Waals surface area contributed by atoms with Gasteiger partial charge in [0.05, 0.1) is 19.2 Å². The monoisotopic (exact) mass is 548 g/mol. The maximum absolute atomic E-state index is 13.2. The largest absolute Gasteiger partial charge is 0.465 e. The van der Waals surface area contributed by atoms with Gasteiger partial charge in [0, 0.05) is 25.0 Å². The fourth-order valence-electron chi connectivity index (χ4n) is 3.76. The quantitative estimate of drug-likeness (QED) is 0.215. The number of amides is 1. The lowest BCUT2D eigenvalue weighted by Gasteiger charge is -2.21. The number of methoxy groups -OCH3 is 1. The van der Waals surface area contributed by atoms with Crippen molar-refractivity contribution in [3.8, 4) is 0 Å². The fraction of sp³-hybridized carbons (Fsp3) is 0.417. The van der Waals surface area contributed by atoms with Gasteiger partial charge >= 0.3 is 5.97 Å². The molecule has 13 heteroatoms. The molecule has 0 spiro atoms. The molecular weight excluding hydrogens is 516 g/mol. The van der Waals surface area contributed by atoms with E-state index in [-0.39, 0.29) is 35.3 Å². The molecular formula is C24H32N6O5S2. The molecule has 1 atom stereocenters. The van der Waals surface area contributed by atoms with Gasteiger partial charge in [0.15, 0.2) is 0 Å². The molecule has 0 aliphatic heterocycles. The molecule has 11 nitrogen and oxygen atoms in total. The number of nitrogens with two attached hydrogens (primary N) is 1. The third-order valence-corrected chi connectivity index (χ3v) is 8.75. The molecule has 0 aliphatic carbocycles. The number of benzene rings is 1. The van der Waals surface area contributed by atoms with Gasteiger partial charge in [-0.05, 0) is 29.5 Å². The lowest BCUT2D eigenvalue weighted by atomic mass is 10.0. The topological polar surface area (TPSA) is 157 Å². The summed E-state index contributed by atoms with van der Waals surface area (Å²) in [6.07, 6.45) is 0. The number of carbonyl (C=O) groups is 2. The number of thiophene rings is 1. The Morgan fingerprint density at radius 2 is 1.92 bits per heavy atom. The van der Waals surface area contributed by atoms with E-state index in [1.165, 1.54) is 17.5 Å². The summed E-state index contributed by atoms with van der Waals surface area (Å²) in [6, 6.07) is 8.25. The fourth-order valence-corrected chi connectivity index (χ4v) is 6.52. The predicted molar refractivity (Wildman–Crippen MR) is 143 cm³/mol. The number of carbonyl (C=O) groups excluding carboxylic acids is 2. The maximum atomic E-state index is 13.2. The lowest BCUT2D eigenvalue weighted by molar-refractivity contribution is -0.119. The molecule has 1 aromatic carbocycles. The van der Waals surface area contributed by atoms with Gasteiger partial charge in [0.1, 0.15) is 27.5 Å². The minimum Gasteiger partial charge on any atom is -0.465 e. The van der Waals surface area contributed by atoms with Crippen LogP contribution in [-0.2, 0) is 26.1 Å².